The minimum atomic E-state index is -0.461. The first-order chi connectivity index (χ1) is 9.52. The Morgan fingerprint density at radius 3 is 2.65 bits per heavy atom. The van der Waals surface area contributed by atoms with Crippen molar-refractivity contribution in [2.24, 2.45) is 0 Å². The predicted octanol–water partition coefficient (Wildman–Crippen LogP) is 6.03. The smallest absolute Gasteiger partial charge is 0.142 e. The van der Waals surface area contributed by atoms with Crippen LogP contribution in [0.5, 0.6) is 0 Å². The summed E-state index contributed by atoms with van der Waals surface area (Å²) < 4.78 is 13.6. The molecule has 0 spiro atoms. The number of nitrogens with one attached hydrogen (secondary N) is 1. The second-order valence-corrected chi connectivity index (χ2v) is 6.02. The van der Waals surface area contributed by atoms with Gasteiger partial charge in [-0.1, -0.05) is 29.3 Å². The number of hydrogen-bond acceptors (Lipinski definition) is 2. The zero-order chi connectivity index (χ0) is 14.7. The van der Waals surface area contributed by atoms with Gasteiger partial charge in [-0.3, -0.25) is 0 Å². The lowest BCUT2D eigenvalue weighted by molar-refractivity contribution is 0.624. The van der Waals surface area contributed by atoms with Crippen molar-refractivity contribution in [1.29, 1.82) is 0 Å². The number of halogens is 3. The summed E-state index contributed by atoms with van der Waals surface area (Å²) in [5, 5.41) is 3.82. The minimum absolute atomic E-state index is 0.0681. The maximum atomic E-state index is 13.6. The summed E-state index contributed by atoms with van der Waals surface area (Å²) >= 11 is 13.8. The second kappa shape index (κ2) is 6.70. The van der Waals surface area contributed by atoms with E-state index in [9.17, 15) is 4.39 Å². The third-order valence-electron chi connectivity index (χ3n) is 2.97. The molecule has 5 heteroatoms. The van der Waals surface area contributed by atoms with Gasteiger partial charge in [-0.05, 0) is 43.5 Å². The van der Waals surface area contributed by atoms with Crippen molar-refractivity contribution in [1.82, 2.24) is 0 Å². The molecule has 0 fully saturated rings. The quantitative estimate of drug-likeness (QED) is 0.543. The van der Waals surface area contributed by atoms with Gasteiger partial charge in [0.25, 0.3) is 0 Å². The monoisotopic (exact) mass is 329 g/mol. The van der Waals surface area contributed by atoms with Crippen LogP contribution in [0, 0.1) is 5.82 Å². The van der Waals surface area contributed by atoms with Gasteiger partial charge in [0.1, 0.15) is 5.82 Å². The van der Waals surface area contributed by atoms with E-state index in [-0.39, 0.29) is 11.1 Å². The molecule has 2 aromatic rings. The van der Waals surface area contributed by atoms with Crippen molar-refractivity contribution in [3.63, 3.8) is 0 Å². The Morgan fingerprint density at radius 2 is 1.95 bits per heavy atom. The van der Waals surface area contributed by atoms with Gasteiger partial charge in [-0.2, -0.15) is 0 Å². The molecule has 1 nitrogen and oxygen atoms in total. The molecular weight excluding hydrogens is 316 g/mol. The van der Waals surface area contributed by atoms with Gasteiger partial charge < -0.3 is 5.32 Å². The van der Waals surface area contributed by atoms with Crippen LogP contribution in [0.4, 0.5) is 10.1 Å². The molecule has 0 aliphatic carbocycles. The highest BCUT2D eigenvalue weighted by Gasteiger charge is 2.17. The minimum Gasteiger partial charge on any atom is -0.378 e. The van der Waals surface area contributed by atoms with Crippen LogP contribution >= 0.6 is 35.0 Å². The lowest BCUT2D eigenvalue weighted by Gasteiger charge is -2.19. The molecule has 2 rings (SSSR count). The predicted molar refractivity (Wildman–Crippen MR) is 86.7 cm³/mol. The van der Waals surface area contributed by atoms with Crippen LogP contribution in [0.15, 0.2) is 41.3 Å². The zero-order valence-corrected chi connectivity index (χ0v) is 13.4. The van der Waals surface area contributed by atoms with Crippen LogP contribution in [0.3, 0.4) is 0 Å². The Morgan fingerprint density at radius 1 is 1.20 bits per heavy atom. The highest BCUT2D eigenvalue weighted by Crippen LogP contribution is 2.34. The first-order valence-corrected chi connectivity index (χ1v) is 8.05. The van der Waals surface area contributed by atoms with Crippen LogP contribution in [-0.4, -0.2) is 6.26 Å². The standard InChI is InChI=1S/C15H14Cl2FNS/c1-9(14-12(16)6-7-13(18)15(14)17)19-10-4-3-5-11(8-10)20-2/h3-9,19H,1-2H3. The van der Waals surface area contributed by atoms with Gasteiger partial charge in [0.05, 0.1) is 11.1 Å². The van der Waals surface area contributed by atoms with Crippen LogP contribution in [0.2, 0.25) is 10.0 Å². The van der Waals surface area contributed by atoms with Crippen LogP contribution in [-0.2, 0) is 0 Å². The highest BCUT2D eigenvalue weighted by atomic mass is 35.5. The molecule has 0 saturated heterocycles. The number of rotatable bonds is 4. The van der Waals surface area contributed by atoms with Gasteiger partial charge in [0.2, 0.25) is 0 Å². The Labute approximate surface area is 132 Å². The Hall–Kier alpha value is -0.900. The van der Waals surface area contributed by atoms with Crippen LogP contribution < -0.4 is 5.32 Å². The third-order valence-corrected chi connectivity index (χ3v) is 4.40. The summed E-state index contributed by atoms with van der Waals surface area (Å²) in [6, 6.07) is 10.6. The topological polar surface area (TPSA) is 12.0 Å². The number of thioether (sulfide) groups is 1. The number of anilines is 1. The molecule has 0 aromatic heterocycles. The molecule has 106 valence electrons. The summed E-state index contributed by atoms with van der Waals surface area (Å²) in [6.07, 6.45) is 2.02. The second-order valence-electron chi connectivity index (χ2n) is 4.35. The Balaban J connectivity index is 2.28. The summed E-state index contributed by atoms with van der Waals surface area (Å²) in [6.45, 7) is 1.90. The lowest BCUT2D eigenvalue weighted by atomic mass is 10.1. The molecule has 1 unspecified atom stereocenters. The first kappa shape index (κ1) is 15.5. The number of hydrogen-bond donors (Lipinski definition) is 1. The van der Waals surface area contributed by atoms with Gasteiger partial charge in [-0.15, -0.1) is 11.8 Å². The van der Waals surface area contributed by atoms with Crippen LogP contribution in [0.1, 0.15) is 18.5 Å². The fourth-order valence-electron chi connectivity index (χ4n) is 1.97. The molecule has 0 amide bonds. The SMILES string of the molecule is CSc1cccc(NC(C)c2c(Cl)ccc(F)c2Cl)c1. The summed E-state index contributed by atoms with van der Waals surface area (Å²) in [5.41, 5.74) is 1.52. The van der Waals surface area contributed by atoms with E-state index in [1.54, 1.807) is 11.8 Å². The van der Waals surface area contributed by atoms with E-state index in [0.29, 0.717) is 10.6 Å². The zero-order valence-electron chi connectivity index (χ0n) is 11.1. The van der Waals surface area contributed by atoms with Crippen molar-refractivity contribution < 1.29 is 4.39 Å². The summed E-state index contributed by atoms with van der Waals surface area (Å²) in [5.74, 6) is -0.461. The average molecular weight is 330 g/mol. The average Bonchev–Trinajstić information content (AvgIpc) is 2.43. The molecule has 20 heavy (non-hydrogen) atoms. The lowest BCUT2D eigenvalue weighted by Crippen LogP contribution is -2.08. The Kier molecular flexibility index (Phi) is 5.19. The van der Waals surface area contributed by atoms with Gasteiger partial charge >= 0.3 is 0 Å². The molecular formula is C15H14Cl2FNS. The molecule has 0 heterocycles. The number of benzene rings is 2. The molecule has 1 atom stereocenters. The maximum Gasteiger partial charge on any atom is 0.142 e. The normalized spacial score (nSPS) is 12.2. The first-order valence-electron chi connectivity index (χ1n) is 6.07. The van der Waals surface area contributed by atoms with Crippen molar-refractivity contribution in [3.8, 4) is 0 Å². The van der Waals surface area contributed by atoms with Crippen LogP contribution in [0.25, 0.3) is 0 Å². The third kappa shape index (κ3) is 3.40. The van der Waals surface area contributed by atoms with Gasteiger partial charge in [-0.25, -0.2) is 4.39 Å². The van der Waals surface area contributed by atoms with Gasteiger partial charge in [0, 0.05) is 21.2 Å². The van der Waals surface area contributed by atoms with E-state index in [2.05, 4.69) is 5.32 Å². The van der Waals surface area contributed by atoms with E-state index in [1.807, 2.05) is 37.4 Å². The molecule has 2 aromatic carbocycles. The van der Waals surface area contributed by atoms with E-state index in [1.165, 1.54) is 12.1 Å². The van der Waals surface area contributed by atoms with E-state index < -0.39 is 5.82 Å². The van der Waals surface area contributed by atoms with Gasteiger partial charge in [0.15, 0.2) is 0 Å². The van der Waals surface area contributed by atoms with Crippen molar-refractivity contribution in [2.75, 3.05) is 11.6 Å². The fourth-order valence-corrected chi connectivity index (χ4v) is 3.13. The maximum absolute atomic E-state index is 13.6. The van der Waals surface area contributed by atoms with E-state index >= 15 is 0 Å². The summed E-state index contributed by atoms with van der Waals surface area (Å²) in [7, 11) is 0. The molecule has 0 saturated carbocycles. The highest BCUT2D eigenvalue weighted by molar-refractivity contribution is 7.98. The van der Waals surface area contributed by atoms with E-state index in [4.69, 9.17) is 23.2 Å². The largest absolute Gasteiger partial charge is 0.378 e. The van der Waals surface area contributed by atoms with Crippen molar-refractivity contribution in [3.05, 3.63) is 57.8 Å². The van der Waals surface area contributed by atoms with E-state index in [0.717, 1.165) is 10.6 Å². The molecule has 0 aliphatic heterocycles. The molecule has 0 radical (unpaired) electrons. The molecule has 0 bridgehead atoms. The fraction of sp³-hybridized carbons (Fsp3) is 0.200. The van der Waals surface area contributed by atoms with Crippen molar-refractivity contribution >= 4 is 40.7 Å². The summed E-state index contributed by atoms with van der Waals surface area (Å²) in [4.78, 5) is 1.15. The molecule has 0 aliphatic rings. The Bertz CT molecular complexity index is 619. The molecule has 1 N–H and O–H groups in total. The van der Waals surface area contributed by atoms with Crippen molar-refractivity contribution in [2.45, 2.75) is 17.9 Å².